The molecule has 3 saturated heterocycles. The van der Waals surface area contributed by atoms with Gasteiger partial charge in [-0.15, -0.1) is 10.2 Å². The molecule has 0 saturated carbocycles. The van der Waals surface area contributed by atoms with Crippen LogP contribution in [0.15, 0.2) is 48.8 Å². The van der Waals surface area contributed by atoms with Crippen LogP contribution in [0.25, 0.3) is 11.5 Å². The van der Waals surface area contributed by atoms with Crippen LogP contribution in [0.3, 0.4) is 0 Å². The summed E-state index contributed by atoms with van der Waals surface area (Å²) in [5.74, 6) is 0.204. The van der Waals surface area contributed by atoms with Crippen molar-refractivity contribution in [1.82, 2.24) is 44.7 Å². The van der Waals surface area contributed by atoms with Crippen LogP contribution in [0.1, 0.15) is 120 Å². The molecular weight excluding hydrogens is 825 g/mol. The highest BCUT2D eigenvalue weighted by Crippen LogP contribution is 2.36. The van der Waals surface area contributed by atoms with E-state index in [1.54, 1.807) is 23.4 Å². The average Bonchev–Trinajstić information content (AvgIpc) is 4.10. The lowest BCUT2D eigenvalue weighted by Crippen LogP contribution is -2.54. The van der Waals surface area contributed by atoms with Crippen molar-refractivity contribution >= 4 is 46.9 Å². The van der Waals surface area contributed by atoms with E-state index in [4.69, 9.17) is 9.97 Å². The van der Waals surface area contributed by atoms with E-state index >= 15 is 0 Å². The molecule has 0 radical (unpaired) electrons. The first-order valence-corrected chi connectivity index (χ1v) is 23.6. The summed E-state index contributed by atoms with van der Waals surface area (Å²) in [6.45, 7) is 12.2. The van der Waals surface area contributed by atoms with Crippen molar-refractivity contribution in [2.75, 3.05) is 67.6 Å². The van der Waals surface area contributed by atoms with Crippen LogP contribution < -0.4 is 20.0 Å². The van der Waals surface area contributed by atoms with Crippen molar-refractivity contribution in [2.45, 2.75) is 110 Å². The number of piperidine rings is 1. The summed E-state index contributed by atoms with van der Waals surface area (Å²) in [7, 11) is 2.15. The van der Waals surface area contributed by atoms with Crippen LogP contribution in [0.5, 0.6) is 0 Å². The summed E-state index contributed by atoms with van der Waals surface area (Å²) in [5.41, 5.74) is 4.76. The fourth-order valence-electron chi connectivity index (χ4n) is 10.2. The molecule has 4 aromatic rings. The summed E-state index contributed by atoms with van der Waals surface area (Å²) in [5, 5.41) is 10.6. The van der Waals surface area contributed by atoms with Gasteiger partial charge in [-0.1, -0.05) is 37.8 Å². The van der Waals surface area contributed by atoms with Gasteiger partial charge in [-0.05, 0) is 96.4 Å². The molecule has 0 aliphatic carbocycles. The number of benzene rings is 1. The molecule has 2 atom stereocenters. The summed E-state index contributed by atoms with van der Waals surface area (Å²) in [6, 6.07) is 12.5. The maximum Gasteiger partial charge on any atom is 0.264 e. The molecule has 342 valence electrons. The highest BCUT2D eigenvalue weighted by Gasteiger charge is 2.46. The first kappa shape index (κ1) is 44.1. The predicted octanol–water partition coefficient (Wildman–Crippen LogP) is 4.90. The molecule has 0 spiro atoms. The number of carbonyl (C=O) groups excluding carboxylic acids is 5. The second-order valence-corrected chi connectivity index (χ2v) is 18.2. The molecule has 5 aliphatic heterocycles. The van der Waals surface area contributed by atoms with Gasteiger partial charge in [0, 0.05) is 63.8 Å². The summed E-state index contributed by atoms with van der Waals surface area (Å²) < 4.78 is 1.94. The molecule has 5 aliphatic rings. The second kappa shape index (κ2) is 19.2. The monoisotopic (exact) mass is 884 g/mol. The first-order valence-electron chi connectivity index (χ1n) is 23.6. The number of pyridine rings is 2. The van der Waals surface area contributed by atoms with Gasteiger partial charge in [-0.3, -0.25) is 44.0 Å². The molecule has 65 heavy (non-hydrogen) atoms. The predicted molar refractivity (Wildman–Crippen MR) is 246 cm³/mol. The minimum absolute atomic E-state index is 0.0450. The van der Waals surface area contributed by atoms with E-state index in [1.165, 1.54) is 19.3 Å². The Hall–Kier alpha value is -6.07. The SMILES string of the molecule is CCn1cnnc1-c1cccc(N2Cc3c(cc(N4CCC[C@H]4C)nc3CN(C)CCCCCCCCN3CCN(c4cccc5c4C(=O)N(C4CCC(=O)NC4=O)C5=O)CC3)C2=O)n1. The van der Waals surface area contributed by atoms with Gasteiger partial charge in [0.1, 0.15) is 29.7 Å². The normalized spacial score (nSPS) is 20.2. The van der Waals surface area contributed by atoms with Crippen molar-refractivity contribution in [3.8, 4) is 11.5 Å². The maximum absolute atomic E-state index is 14.1. The largest absolute Gasteiger partial charge is 0.368 e. The topological polar surface area (TPSA) is 173 Å². The number of carbonyl (C=O) groups is 5. The van der Waals surface area contributed by atoms with Crippen molar-refractivity contribution in [3.05, 3.63) is 76.7 Å². The third-order valence-corrected chi connectivity index (χ3v) is 13.9. The van der Waals surface area contributed by atoms with Crippen LogP contribution in [0, 0.1) is 0 Å². The fraction of sp³-hybridized carbons (Fsp3) is 0.521. The van der Waals surface area contributed by atoms with E-state index in [9.17, 15) is 24.0 Å². The van der Waals surface area contributed by atoms with Gasteiger partial charge in [0.15, 0.2) is 5.82 Å². The van der Waals surface area contributed by atoms with Gasteiger partial charge in [0.25, 0.3) is 17.7 Å². The zero-order valence-corrected chi connectivity index (χ0v) is 37.9. The third-order valence-electron chi connectivity index (χ3n) is 13.9. The Morgan fingerprint density at radius 3 is 2.37 bits per heavy atom. The molecule has 8 heterocycles. The fourth-order valence-corrected chi connectivity index (χ4v) is 10.2. The number of hydrogen-bond acceptors (Lipinski definition) is 13. The summed E-state index contributed by atoms with van der Waals surface area (Å²) in [4.78, 5) is 87.7. The van der Waals surface area contributed by atoms with E-state index < -0.39 is 23.8 Å². The van der Waals surface area contributed by atoms with Gasteiger partial charge < -0.3 is 19.3 Å². The third kappa shape index (κ3) is 9.00. The van der Waals surface area contributed by atoms with Crippen LogP contribution >= 0.6 is 0 Å². The number of rotatable bonds is 17. The zero-order chi connectivity index (χ0) is 45.2. The van der Waals surface area contributed by atoms with Gasteiger partial charge in [0.2, 0.25) is 11.8 Å². The van der Waals surface area contributed by atoms with E-state index in [-0.39, 0.29) is 24.7 Å². The lowest BCUT2D eigenvalue weighted by molar-refractivity contribution is -0.136. The number of anilines is 3. The number of amides is 5. The number of imide groups is 2. The van der Waals surface area contributed by atoms with Crippen molar-refractivity contribution in [2.24, 2.45) is 0 Å². The van der Waals surface area contributed by atoms with Gasteiger partial charge in [-0.25, -0.2) is 9.97 Å². The van der Waals surface area contributed by atoms with Crippen molar-refractivity contribution < 1.29 is 24.0 Å². The summed E-state index contributed by atoms with van der Waals surface area (Å²) >= 11 is 0. The number of hydrogen-bond donors (Lipinski definition) is 1. The second-order valence-electron chi connectivity index (χ2n) is 18.2. The Kier molecular flexibility index (Phi) is 13.0. The molecule has 5 amide bonds. The molecule has 17 nitrogen and oxygen atoms in total. The summed E-state index contributed by atoms with van der Waals surface area (Å²) in [6.07, 6.45) is 11.1. The minimum Gasteiger partial charge on any atom is -0.368 e. The Morgan fingerprint density at radius 1 is 0.815 bits per heavy atom. The molecule has 1 unspecified atom stereocenters. The molecule has 1 aromatic carbocycles. The Balaban J connectivity index is 0.727. The quantitative estimate of drug-likeness (QED) is 0.112. The number of nitrogens with zero attached hydrogens (tertiary/aromatic N) is 11. The van der Waals surface area contributed by atoms with E-state index in [0.29, 0.717) is 47.6 Å². The zero-order valence-electron chi connectivity index (χ0n) is 37.9. The van der Waals surface area contributed by atoms with Gasteiger partial charge >= 0.3 is 0 Å². The number of unbranched alkanes of at least 4 members (excludes halogenated alkanes) is 5. The van der Waals surface area contributed by atoms with Gasteiger partial charge in [-0.2, -0.15) is 0 Å². The van der Waals surface area contributed by atoms with E-state index in [1.807, 2.05) is 41.8 Å². The van der Waals surface area contributed by atoms with Gasteiger partial charge in [0.05, 0.1) is 34.6 Å². The van der Waals surface area contributed by atoms with E-state index in [0.717, 1.165) is 118 Å². The average molecular weight is 885 g/mol. The lowest BCUT2D eigenvalue weighted by atomic mass is 10.0. The standard InChI is InChI=1S/C48H60N12O5/c1-4-56-31-49-53-44(56)36-16-12-18-40(50-36)59-29-35-34(46(59)63)28-41(58-23-13-14-32(58)2)51-37(35)30-54(3)21-9-7-5-6-8-10-22-55-24-26-57(27-25-55)38-17-11-15-33-43(38)48(65)60(47(33)64)39-19-20-42(61)52-45(39)62/h11-12,15-18,28,31-32,39H,4-10,13-14,19-27,29-30H2,1-3H3,(H,52,61,62)/t32-,39?/m1/s1. The van der Waals surface area contributed by atoms with Crippen LogP contribution in [-0.2, 0) is 29.2 Å². The molecule has 3 aromatic heterocycles. The number of piperazine rings is 1. The minimum atomic E-state index is -0.973. The number of fused-ring (bicyclic) bond motifs is 2. The number of nitrogens with one attached hydrogen (secondary N) is 1. The molecule has 0 bridgehead atoms. The number of aromatic nitrogens is 5. The number of aryl methyl sites for hydroxylation is 1. The van der Waals surface area contributed by atoms with Crippen LogP contribution in [0.2, 0.25) is 0 Å². The smallest absolute Gasteiger partial charge is 0.264 e. The Morgan fingerprint density at radius 2 is 1.60 bits per heavy atom. The highest BCUT2D eigenvalue weighted by atomic mass is 16.2. The van der Waals surface area contributed by atoms with E-state index in [2.05, 4.69) is 49.1 Å². The van der Waals surface area contributed by atoms with Crippen LogP contribution in [0.4, 0.5) is 17.3 Å². The van der Waals surface area contributed by atoms with Crippen LogP contribution in [-0.4, -0.2) is 134 Å². The molecule has 3 fully saturated rings. The molecule has 1 N–H and O–H groups in total. The molecular formula is C48H60N12O5. The first-order chi connectivity index (χ1) is 31.6. The van der Waals surface area contributed by atoms with Crippen molar-refractivity contribution in [3.63, 3.8) is 0 Å². The molecule has 9 rings (SSSR count). The molecule has 17 heteroatoms. The van der Waals surface area contributed by atoms with Crippen molar-refractivity contribution in [1.29, 1.82) is 0 Å². The maximum atomic E-state index is 14.1. The Bertz CT molecular complexity index is 2460. The highest BCUT2D eigenvalue weighted by molar-refractivity contribution is 6.25. The lowest BCUT2D eigenvalue weighted by Gasteiger charge is -2.36. The Labute approximate surface area is 380 Å².